The minimum atomic E-state index is -0.555. The Morgan fingerprint density at radius 1 is 1.50 bits per heavy atom. The van der Waals surface area contributed by atoms with Crippen LogP contribution in [0.1, 0.15) is 19.3 Å². The number of allylic oxidation sites excluding steroid dienone is 1. The Morgan fingerprint density at radius 2 is 2.23 bits per heavy atom. The van der Waals surface area contributed by atoms with Gasteiger partial charge in [-0.1, -0.05) is 18.2 Å². The summed E-state index contributed by atoms with van der Waals surface area (Å²) in [6, 6.07) is 5.91. The topological polar surface area (TPSA) is 89.3 Å². The average molecular weight is 322 g/mol. The molecule has 1 fully saturated rings. The fraction of sp³-hybridized carbons (Fsp3) is 0.400. The van der Waals surface area contributed by atoms with Crippen molar-refractivity contribution in [2.75, 3.05) is 13.1 Å². The fourth-order valence-electron chi connectivity index (χ4n) is 2.07. The van der Waals surface area contributed by atoms with E-state index in [2.05, 4.69) is 11.9 Å². The molecule has 1 N–H and O–H groups in total. The van der Waals surface area contributed by atoms with Crippen molar-refractivity contribution in [3.63, 3.8) is 0 Å². The number of hydrogen-bond donors (Lipinski definition) is 1. The number of Topliss-reactive ketones (excluding diaryl/α,β-unsaturated/α-hetero) is 1. The van der Waals surface area contributed by atoms with E-state index in [1.807, 2.05) is 0 Å². The molecule has 1 aromatic rings. The van der Waals surface area contributed by atoms with Crippen LogP contribution in [0, 0.1) is 16.0 Å². The van der Waals surface area contributed by atoms with Crippen molar-refractivity contribution in [2.45, 2.75) is 19.3 Å². The average Bonchev–Trinajstić information content (AvgIpc) is 3.07. The lowest BCUT2D eigenvalue weighted by molar-refractivity contribution is -0.383. The molecule has 0 aromatic heterocycles. The zero-order valence-corrected chi connectivity index (χ0v) is 13.1. The number of carbonyl (C=O) groups is 1. The smallest absolute Gasteiger partial charge is 0.284 e. The summed E-state index contributed by atoms with van der Waals surface area (Å²) in [6.07, 6.45) is 4.33. The Kier molecular flexibility index (Phi) is 8.18. The van der Waals surface area contributed by atoms with Crippen molar-refractivity contribution < 1.29 is 14.3 Å². The lowest BCUT2D eigenvalue weighted by Crippen LogP contribution is -2.17. The predicted molar refractivity (Wildman–Crippen MR) is 85.8 cm³/mol. The van der Waals surface area contributed by atoms with Crippen LogP contribution in [0.4, 0.5) is 5.69 Å². The SMILES string of the molecule is C=CCCC(=O)[C@@H]1CCNC1.O=Pc1ccccc1[N+](=O)[O-]. The van der Waals surface area contributed by atoms with Crippen molar-refractivity contribution in [3.05, 3.63) is 47.0 Å². The summed E-state index contributed by atoms with van der Waals surface area (Å²) in [5.74, 6) is 0.685. The third kappa shape index (κ3) is 5.84. The highest BCUT2D eigenvalue weighted by Crippen LogP contribution is 2.12. The quantitative estimate of drug-likeness (QED) is 0.376. The van der Waals surface area contributed by atoms with Crippen LogP contribution in [0.3, 0.4) is 0 Å². The van der Waals surface area contributed by atoms with Gasteiger partial charge in [0.05, 0.1) is 4.92 Å². The molecule has 2 rings (SSSR count). The van der Waals surface area contributed by atoms with Crippen molar-refractivity contribution in [1.29, 1.82) is 0 Å². The maximum absolute atomic E-state index is 11.3. The summed E-state index contributed by atoms with van der Waals surface area (Å²) < 4.78 is 10.3. The molecule has 1 aliphatic rings. The van der Waals surface area contributed by atoms with Crippen molar-refractivity contribution >= 4 is 25.2 Å². The van der Waals surface area contributed by atoms with Gasteiger partial charge in [0.15, 0.2) is 8.46 Å². The summed E-state index contributed by atoms with van der Waals surface area (Å²) >= 11 is 0. The van der Waals surface area contributed by atoms with E-state index in [-0.39, 0.29) is 25.4 Å². The maximum atomic E-state index is 11.3. The summed E-state index contributed by atoms with van der Waals surface area (Å²) in [6.45, 7) is 5.48. The largest absolute Gasteiger partial charge is 0.316 e. The number of nitrogens with one attached hydrogen (secondary N) is 1. The molecular formula is C15H19N2O4P. The minimum Gasteiger partial charge on any atom is -0.316 e. The Hall–Kier alpha value is -1.91. The molecular weight excluding hydrogens is 303 g/mol. The zero-order valence-electron chi connectivity index (χ0n) is 12.2. The summed E-state index contributed by atoms with van der Waals surface area (Å²) in [4.78, 5) is 21.0. The van der Waals surface area contributed by atoms with Gasteiger partial charge in [-0.05, 0) is 25.5 Å². The van der Waals surface area contributed by atoms with Crippen LogP contribution < -0.4 is 10.6 Å². The molecule has 1 atom stereocenters. The monoisotopic (exact) mass is 322 g/mol. The van der Waals surface area contributed by atoms with Gasteiger partial charge in [-0.25, -0.2) is 0 Å². The Balaban J connectivity index is 0.000000220. The highest BCUT2D eigenvalue weighted by Gasteiger charge is 2.20. The zero-order chi connectivity index (χ0) is 16.4. The molecule has 118 valence electrons. The lowest BCUT2D eigenvalue weighted by atomic mass is 10.00. The molecule has 1 aliphatic heterocycles. The lowest BCUT2D eigenvalue weighted by Gasteiger charge is -2.04. The first kappa shape index (κ1) is 18.1. The molecule has 0 aliphatic carbocycles. The van der Waals surface area contributed by atoms with Gasteiger partial charge in [0, 0.05) is 24.9 Å². The maximum Gasteiger partial charge on any atom is 0.284 e. The molecule has 0 unspecified atom stereocenters. The Morgan fingerprint density at radius 3 is 2.73 bits per heavy atom. The first-order valence-electron chi connectivity index (χ1n) is 7.01. The van der Waals surface area contributed by atoms with Gasteiger partial charge in [0.1, 0.15) is 11.1 Å². The van der Waals surface area contributed by atoms with E-state index in [1.165, 1.54) is 18.2 Å². The van der Waals surface area contributed by atoms with Crippen molar-refractivity contribution in [2.24, 2.45) is 5.92 Å². The van der Waals surface area contributed by atoms with E-state index in [1.54, 1.807) is 12.1 Å². The number of ketones is 1. The van der Waals surface area contributed by atoms with Gasteiger partial charge in [-0.2, -0.15) is 0 Å². The molecule has 0 bridgehead atoms. The number of rotatable bonds is 6. The third-order valence-corrected chi connectivity index (χ3v) is 3.86. The molecule has 1 aromatic carbocycles. The first-order valence-corrected chi connectivity index (χ1v) is 7.82. The van der Waals surface area contributed by atoms with Gasteiger partial charge >= 0.3 is 0 Å². The first-order chi connectivity index (χ1) is 10.6. The van der Waals surface area contributed by atoms with E-state index in [0.29, 0.717) is 12.2 Å². The summed E-state index contributed by atoms with van der Waals surface area (Å²) in [5, 5.41) is 13.6. The van der Waals surface area contributed by atoms with Crippen LogP contribution in [0.2, 0.25) is 0 Å². The fourth-order valence-corrected chi connectivity index (χ4v) is 2.47. The second-order valence-electron chi connectivity index (χ2n) is 4.82. The molecule has 0 amide bonds. The van der Waals surface area contributed by atoms with Crippen molar-refractivity contribution in [1.82, 2.24) is 5.32 Å². The van der Waals surface area contributed by atoms with Gasteiger partial charge in [-0.3, -0.25) is 19.5 Å². The van der Waals surface area contributed by atoms with Crippen LogP contribution in [0.25, 0.3) is 0 Å². The van der Waals surface area contributed by atoms with Crippen LogP contribution in [-0.4, -0.2) is 23.8 Å². The van der Waals surface area contributed by atoms with Gasteiger partial charge in [0.2, 0.25) is 0 Å². The van der Waals surface area contributed by atoms with E-state index in [4.69, 9.17) is 0 Å². The molecule has 0 radical (unpaired) electrons. The van der Waals surface area contributed by atoms with Crippen LogP contribution in [0.5, 0.6) is 0 Å². The summed E-state index contributed by atoms with van der Waals surface area (Å²) in [7, 11) is -0.319. The second-order valence-corrected chi connectivity index (χ2v) is 5.48. The van der Waals surface area contributed by atoms with E-state index >= 15 is 0 Å². The second kappa shape index (κ2) is 9.92. The molecule has 7 heteroatoms. The van der Waals surface area contributed by atoms with E-state index in [9.17, 15) is 19.5 Å². The van der Waals surface area contributed by atoms with E-state index < -0.39 is 4.92 Å². The van der Waals surface area contributed by atoms with E-state index in [0.717, 1.165) is 25.9 Å². The Labute approximate surface area is 131 Å². The molecule has 22 heavy (non-hydrogen) atoms. The number of nitro groups is 1. The molecule has 6 nitrogen and oxygen atoms in total. The van der Waals surface area contributed by atoms with Gasteiger partial charge in [0.25, 0.3) is 5.69 Å². The molecule has 0 spiro atoms. The standard InChI is InChI=1S/C9H15NO.C6H4NO3P/c1-2-3-4-9(11)8-5-6-10-7-8;8-7(9)5-3-1-2-4-6(5)11-10/h2,8,10H,1,3-7H2;1-4H/t8-;/m1./s1. The van der Waals surface area contributed by atoms with Crippen LogP contribution >= 0.6 is 8.46 Å². The summed E-state index contributed by atoms with van der Waals surface area (Å²) in [5.41, 5.74) is -0.107. The van der Waals surface area contributed by atoms with Crippen molar-refractivity contribution in [3.8, 4) is 0 Å². The molecule has 0 saturated carbocycles. The molecule has 1 heterocycles. The predicted octanol–water partition coefficient (Wildman–Crippen LogP) is 2.64. The number of nitro benzene ring substituents is 1. The molecule has 1 saturated heterocycles. The minimum absolute atomic E-state index is 0.107. The third-order valence-electron chi connectivity index (χ3n) is 3.29. The van der Waals surface area contributed by atoms with Gasteiger partial charge in [-0.15, -0.1) is 6.58 Å². The van der Waals surface area contributed by atoms with Crippen LogP contribution in [0.15, 0.2) is 36.9 Å². The number of para-hydroxylation sites is 1. The Bertz CT molecular complexity index is 542. The number of benzene rings is 1. The normalized spacial score (nSPS) is 16.6. The number of carbonyl (C=O) groups excluding carboxylic acids is 1. The number of hydrogen-bond acceptors (Lipinski definition) is 5. The highest BCUT2D eigenvalue weighted by molar-refractivity contribution is 7.34. The van der Waals surface area contributed by atoms with Gasteiger partial charge < -0.3 is 5.32 Å². The highest BCUT2D eigenvalue weighted by atomic mass is 31.1. The van der Waals surface area contributed by atoms with Crippen LogP contribution in [-0.2, 0) is 9.36 Å². The number of nitrogens with zero attached hydrogens (tertiary/aromatic N) is 1.